The number of nitrogens with one attached hydrogen (secondary N) is 2. The molecule has 20 atom stereocenters. The lowest BCUT2D eigenvalue weighted by Crippen LogP contribution is -2.71. The van der Waals surface area contributed by atoms with E-state index in [0.717, 1.165) is 26.2 Å². The molecule has 2 amide bonds. The molecular weight excluding hydrogens is 924 g/mol. The molecule has 4 fully saturated rings. The van der Waals surface area contributed by atoms with Crippen molar-refractivity contribution >= 4 is 23.8 Å². The number of rotatable bonds is 25. The maximum atomic E-state index is 13.1. The minimum atomic E-state index is -3.16. The summed E-state index contributed by atoms with van der Waals surface area (Å²) < 4.78 is 51.6. The number of carbonyl (C=O) groups excluding carboxylic acids is 3. The van der Waals surface area contributed by atoms with E-state index < -0.39 is 179 Å². The molecule has 0 aromatic heterocycles. The standard InChI is InChI=1S/C40H68N2O26/c1-17(47)41-25-18(48)11-40(39(58)59,67-33(25)28(54)19(49)12-43)68-35-29(55)21(13-44)63-38(31(35)57)66-34-26(42-23(51)15-46)36(61-10-8-6-4-3-5-7-9-24(52)60-2)64-22(14-45)32(34)65-37-30(56)27(53)20(50)16-62-37/h18-22,25-38,43-46,48-50,53-57H,3-16H2,1-2H3,(H,41,47)(H,42,51)(H,58,59)/t18?,19?,20-,21?,22?,25-,26?,27?,28?,29-,30?,31?,32+,33?,34?,35?,36-,37?,38?,40+/m1/s1. The van der Waals surface area contributed by atoms with Crippen molar-refractivity contribution in [3.05, 3.63) is 0 Å². The van der Waals surface area contributed by atoms with Crippen molar-refractivity contribution in [2.45, 2.75) is 180 Å². The van der Waals surface area contributed by atoms with Crippen molar-refractivity contribution in [1.82, 2.24) is 10.6 Å². The SMILES string of the molecule is COC(=O)CCCCCCCCO[C@@H]1OC(CO)[C@H](OC2OC[C@@H](O)C(O)C2O)C(OC2OC(CO)[C@@H](O)C(O[C@]3(C(=O)O)CC(O)[C@@H](NC(C)=O)C(C(O)C(O)CO)O3)C2O)C1NC(=O)CO. The van der Waals surface area contributed by atoms with Crippen LogP contribution < -0.4 is 10.6 Å². The molecule has 14 unspecified atom stereocenters. The number of amides is 2. The number of aliphatic hydroxyl groups is 12. The van der Waals surface area contributed by atoms with Crippen LogP contribution in [0.15, 0.2) is 0 Å². The first kappa shape index (κ1) is 57.7. The molecule has 28 nitrogen and oxygen atoms in total. The smallest absolute Gasteiger partial charge is 0.364 e. The highest BCUT2D eigenvalue weighted by molar-refractivity contribution is 5.77. The number of aliphatic carboxylic acids is 1. The summed E-state index contributed by atoms with van der Waals surface area (Å²) in [4.78, 5) is 49.4. The average Bonchev–Trinajstić information content (AvgIpc) is 3.31. The number of hydrogen-bond acceptors (Lipinski definition) is 25. The Balaban J connectivity index is 1.69. The van der Waals surface area contributed by atoms with Gasteiger partial charge in [0.1, 0.15) is 92.0 Å². The van der Waals surface area contributed by atoms with E-state index >= 15 is 0 Å². The molecule has 28 heteroatoms. The summed E-state index contributed by atoms with van der Waals surface area (Å²) in [6, 6.07) is -3.25. The van der Waals surface area contributed by atoms with Gasteiger partial charge in [0.15, 0.2) is 18.9 Å². The van der Waals surface area contributed by atoms with Crippen LogP contribution in [0.25, 0.3) is 0 Å². The van der Waals surface area contributed by atoms with E-state index in [-0.39, 0.29) is 19.0 Å². The normalized spacial score (nSPS) is 38.5. The molecule has 394 valence electrons. The number of carbonyl (C=O) groups is 4. The molecule has 0 saturated carbocycles. The summed E-state index contributed by atoms with van der Waals surface area (Å²) in [6.07, 6.45) is -29.7. The molecule has 15 N–H and O–H groups in total. The highest BCUT2D eigenvalue weighted by Gasteiger charge is 2.61. The Labute approximate surface area is 389 Å². The van der Waals surface area contributed by atoms with Gasteiger partial charge in [0, 0.05) is 26.4 Å². The van der Waals surface area contributed by atoms with Crippen LogP contribution in [0.4, 0.5) is 0 Å². The Hall–Kier alpha value is -2.92. The first-order chi connectivity index (χ1) is 32.3. The number of esters is 1. The minimum Gasteiger partial charge on any atom is -0.477 e. The fourth-order valence-electron chi connectivity index (χ4n) is 8.27. The fourth-order valence-corrected chi connectivity index (χ4v) is 8.27. The van der Waals surface area contributed by atoms with Gasteiger partial charge in [0.05, 0.1) is 45.7 Å². The molecule has 4 heterocycles. The van der Waals surface area contributed by atoms with E-state index in [4.69, 9.17) is 37.9 Å². The zero-order chi connectivity index (χ0) is 50.5. The van der Waals surface area contributed by atoms with Gasteiger partial charge in [-0.15, -0.1) is 0 Å². The van der Waals surface area contributed by atoms with Gasteiger partial charge in [-0.2, -0.15) is 0 Å². The van der Waals surface area contributed by atoms with Crippen molar-refractivity contribution < 1.29 is 128 Å². The number of carboxylic acid groups (broad SMARTS) is 1. The van der Waals surface area contributed by atoms with Gasteiger partial charge in [-0.1, -0.05) is 25.7 Å². The lowest BCUT2D eigenvalue weighted by atomic mass is 9.88. The van der Waals surface area contributed by atoms with Gasteiger partial charge in [-0.05, 0) is 12.8 Å². The molecule has 0 aromatic rings. The summed E-state index contributed by atoms with van der Waals surface area (Å²) in [6.45, 7) is -3.82. The maximum absolute atomic E-state index is 13.1. The lowest BCUT2D eigenvalue weighted by molar-refractivity contribution is -0.388. The third-order valence-corrected chi connectivity index (χ3v) is 12.0. The molecule has 68 heavy (non-hydrogen) atoms. The summed E-state index contributed by atoms with van der Waals surface area (Å²) >= 11 is 0. The first-order valence-electron chi connectivity index (χ1n) is 22.2. The van der Waals surface area contributed by atoms with Crippen LogP contribution in [0.5, 0.6) is 0 Å². The summed E-state index contributed by atoms with van der Waals surface area (Å²) in [5, 5.41) is 143. The molecule has 0 spiro atoms. The van der Waals surface area contributed by atoms with Gasteiger partial charge >= 0.3 is 11.9 Å². The lowest BCUT2D eigenvalue weighted by Gasteiger charge is -2.51. The molecule has 4 rings (SSSR count). The van der Waals surface area contributed by atoms with Crippen LogP contribution >= 0.6 is 0 Å². The predicted molar refractivity (Wildman–Crippen MR) is 218 cm³/mol. The quantitative estimate of drug-likeness (QED) is 0.0298. The number of ether oxygens (including phenoxy) is 9. The second-order valence-corrected chi connectivity index (χ2v) is 16.9. The monoisotopic (exact) mass is 992 g/mol. The number of methoxy groups -OCH3 is 1. The third-order valence-electron chi connectivity index (χ3n) is 12.0. The predicted octanol–water partition coefficient (Wildman–Crippen LogP) is -7.72. The van der Waals surface area contributed by atoms with Crippen molar-refractivity contribution in [3.63, 3.8) is 0 Å². The Morgan fingerprint density at radius 3 is 1.96 bits per heavy atom. The van der Waals surface area contributed by atoms with Crippen LogP contribution in [0.1, 0.15) is 58.3 Å². The van der Waals surface area contributed by atoms with Crippen LogP contribution in [0, 0.1) is 0 Å². The van der Waals surface area contributed by atoms with Crippen LogP contribution in [0.2, 0.25) is 0 Å². The van der Waals surface area contributed by atoms with E-state index in [1.807, 2.05) is 0 Å². The summed E-state index contributed by atoms with van der Waals surface area (Å²) in [5.74, 6) is -7.37. The van der Waals surface area contributed by atoms with Crippen molar-refractivity contribution in [2.75, 3.05) is 46.8 Å². The van der Waals surface area contributed by atoms with E-state index in [2.05, 4.69) is 15.4 Å². The number of unbranched alkanes of at least 4 members (excludes halogenated alkanes) is 5. The Morgan fingerprint density at radius 1 is 0.721 bits per heavy atom. The van der Waals surface area contributed by atoms with Crippen LogP contribution in [0.3, 0.4) is 0 Å². The third kappa shape index (κ3) is 14.6. The van der Waals surface area contributed by atoms with Gasteiger partial charge in [0.25, 0.3) is 5.79 Å². The molecule has 0 radical (unpaired) electrons. The molecular formula is C40H68N2O26. The van der Waals surface area contributed by atoms with E-state index in [9.17, 15) is 85.6 Å². The molecule has 0 bridgehead atoms. The maximum Gasteiger partial charge on any atom is 0.364 e. The highest BCUT2D eigenvalue weighted by Crippen LogP contribution is 2.39. The molecule has 0 aliphatic carbocycles. The summed E-state index contributed by atoms with van der Waals surface area (Å²) in [7, 11) is 1.30. The zero-order valence-corrected chi connectivity index (χ0v) is 37.5. The summed E-state index contributed by atoms with van der Waals surface area (Å²) in [5.41, 5.74) is 0. The van der Waals surface area contributed by atoms with Crippen LogP contribution in [-0.4, -0.2) is 259 Å². The number of hydrogen-bond donors (Lipinski definition) is 15. The second kappa shape index (κ2) is 27.1. The minimum absolute atomic E-state index is 0.0442. The topological polar surface area (TPSA) is 438 Å². The van der Waals surface area contributed by atoms with Gasteiger partial charge in [-0.25, -0.2) is 4.79 Å². The zero-order valence-electron chi connectivity index (χ0n) is 37.5. The molecule has 0 aromatic carbocycles. The van der Waals surface area contributed by atoms with E-state index in [1.54, 1.807) is 0 Å². The van der Waals surface area contributed by atoms with Gasteiger partial charge in [-0.3, -0.25) is 14.4 Å². The highest BCUT2D eigenvalue weighted by atomic mass is 16.8. The number of aliphatic hydroxyl groups excluding tert-OH is 12. The Bertz CT molecular complexity index is 1590. The van der Waals surface area contributed by atoms with Crippen LogP contribution in [-0.2, 0) is 61.8 Å². The molecule has 4 aliphatic rings. The Kier molecular flexibility index (Phi) is 22.9. The molecule has 4 aliphatic heterocycles. The molecule has 4 saturated heterocycles. The fraction of sp³-hybridized carbons (Fsp3) is 0.900. The van der Waals surface area contributed by atoms with E-state index in [1.165, 1.54) is 7.11 Å². The van der Waals surface area contributed by atoms with Crippen molar-refractivity contribution in [1.29, 1.82) is 0 Å². The van der Waals surface area contributed by atoms with E-state index in [0.29, 0.717) is 19.3 Å². The largest absolute Gasteiger partial charge is 0.477 e. The van der Waals surface area contributed by atoms with Crippen molar-refractivity contribution in [3.8, 4) is 0 Å². The average molecular weight is 993 g/mol. The van der Waals surface area contributed by atoms with Gasteiger partial charge in [0.2, 0.25) is 11.8 Å². The Morgan fingerprint density at radius 2 is 1.35 bits per heavy atom. The number of carboxylic acids is 1. The van der Waals surface area contributed by atoms with Gasteiger partial charge < -0.3 is 120 Å². The first-order valence-corrected chi connectivity index (χ1v) is 22.2. The van der Waals surface area contributed by atoms with Crippen molar-refractivity contribution in [2.24, 2.45) is 0 Å². The second-order valence-electron chi connectivity index (χ2n) is 16.9.